The maximum Gasteiger partial charge on any atom is 0.269 e. The molecule has 0 aromatic heterocycles. The minimum absolute atomic E-state index is 0.184. The largest absolute Gasteiger partial charge is 0.314 e. The van der Waals surface area contributed by atoms with Crippen LogP contribution in [-0.4, -0.2) is 35.5 Å². The molecule has 2 rings (SSSR count). The smallest absolute Gasteiger partial charge is 0.269 e. The van der Waals surface area contributed by atoms with Gasteiger partial charge in [0.05, 0.1) is 4.92 Å². The zero-order chi connectivity index (χ0) is 14.5. The number of nitrogens with zero attached hydrogens (tertiary/aromatic N) is 2. The molecule has 20 heavy (non-hydrogen) atoms. The highest BCUT2D eigenvalue weighted by molar-refractivity contribution is 5.36. The predicted octanol–water partition coefficient (Wildman–Crippen LogP) is 2.73. The number of non-ortho nitro benzene ring substituents is 1. The van der Waals surface area contributed by atoms with E-state index in [2.05, 4.69) is 24.1 Å². The summed E-state index contributed by atoms with van der Waals surface area (Å²) in [4.78, 5) is 13.1. The Hall–Kier alpha value is -1.46. The molecule has 1 aromatic carbocycles. The minimum Gasteiger partial charge on any atom is -0.314 e. The molecule has 1 saturated heterocycles. The van der Waals surface area contributed by atoms with Gasteiger partial charge in [0.2, 0.25) is 0 Å². The van der Waals surface area contributed by atoms with Gasteiger partial charge in [0.15, 0.2) is 0 Å². The van der Waals surface area contributed by atoms with Crippen molar-refractivity contribution in [2.75, 3.05) is 19.6 Å². The van der Waals surface area contributed by atoms with Crippen LogP contribution in [0.2, 0.25) is 0 Å². The summed E-state index contributed by atoms with van der Waals surface area (Å²) in [7, 11) is 0. The summed E-state index contributed by atoms with van der Waals surface area (Å²) in [5.41, 5.74) is 1.24. The fourth-order valence-electron chi connectivity index (χ4n) is 2.87. The van der Waals surface area contributed by atoms with Crippen molar-refractivity contribution in [2.24, 2.45) is 0 Å². The second-order valence-corrected chi connectivity index (χ2v) is 5.33. The Labute approximate surface area is 120 Å². The second kappa shape index (κ2) is 6.81. The van der Waals surface area contributed by atoms with Gasteiger partial charge in [0.1, 0.15) is 0 Å². The Balaban J connectivity index is 2.24. The average Bonchev–Trinajstić information content (AvgIpc) is 2.38. The van der Waals surface area contributed by atoms with Crippen LogP contribution in [0.25, 0.3) is 0 Å². The number of nitro benzene ring substituents is 1. The van der Waals surface area contributed by atoms with Gasteiger partial charge in [-0.2, -0.15) is 0 Å². The van der Waals surface area contributed by atoms with Crippen LogP contribution in [0, 0.1) is 10.1 Å². The SMILES string of the molecule is CCCN(C1CNC1)C(CC)c1cccc([N+](=O)[O-])c1. The van der Waals surface area contributed by atoms with Crippen LogP contribution in [0.5, 0.6) is 0 Å². The zero-order valence-electron chi connectivity index (χ0n) is 12.2. The van der Waals surface area contributed by atoms with Gasteiger partial charge in [0, 0.05) is 37.3 Å². The second-order valence-electron chi connectivity index (χ2n) is 5.33. The van der Waals surface area contributed by atoms with Gasteiger partial charge in [-0.1, -0.05) is 26.0 Å². The van der Waals surface area contributed by atoms with Crippen LogP contribution in [0.15, 0.2) is 24.3 Å². The molecule has 110 valence electrons. The maximum atomic E-state index is 10.9. The van der Waals surface area contributed by atoms with Crippen molar-refractivity contribution in [1.82, 2.24) is 10.2 Å². The van der Waals surface area contributed by atoms with Gasteiger partial charge in [0.25, 0.3) is 5.69 Å². The molecular weight excluding hydrogens is 254 g/mol. The fourth-order valence-corrected chi connectivity index (χ4v) is 2.87. The van der Waals surface area contributed by atoms with E-state index in [1.54, 1.807) is 18.2 Å². The molecule has 5 nitrogen and oxygen atoms in total. The number of hydrogen-bond donors (Lipinski definition) is 1. The highest BCUT2D eigenvalue weighted by Crippen LogP contribution is 2.29. The molecule has 0 radical (unpaired) electrons. The Bertz CT molecular complexity index is 460. The van der Waals surface area contributed by atoms with Gasteiger partial charge < -0.3 is 5.32 Å². The third-order valence-electron chi connectivity index (χ3n) is 3.96. The van der Waals surface area contributed by atoms with E-state index < -0.39 is 0 Å². The van der Waals surface area contributed by atoms with Crippen molar-refractivity contribution in [3.8, 4) is 0 Å². The summed E-state index contributed by atoms with van der Waals surface area (Å²) in [6.07, 6.45) is 2.07. The predicted molar refractivity (Wildman–Crippen MR) is 79.8 cm³/mol. The number of nitrogens with one attached hydrogen (secondary N) is 1. The standard InChI is InChI=1S/C15H23N3O2/c1-3-8-17(14-10-16-11-14)15(4-2)12-6-5-7-13(9-12)18(19)20/h5-7,9,14-16H,3-4,8,10-11H2,1-2H3. The fraction of sp³-hybridized carbons (Fsp3) is 0.600. The van der Waals surface area contributed by atoms with Crippen LogP contribution >= 0.6 is 0 Å². The minimum atomic E-state index is -0.314. The number of benzene rings is 1. The van der Waals surface area contributed by atoms with Crippen LogP contribution in [0.4, 0.5) is 5.69 Å². The van der Waals surface area contributed by atoms with Gasteiger partial charge >= 0.3 is 0 Å². The molecule has 1 aromatic rings. The molecule has 0 aliphatic carbocycles. The van der Waals surface area contributed by atoms with Crippen molar-refractivity contribution in [1.29, 1.82) is 0 Å². The molecule has 1 fully saturated rings. The lowest BCUT2D eigenvalue weighted by Crippen LogP contribution is -2.58. The lowest BCUT2D eigenvalue weighted by atomic mass is 9.98. The van der Waals surface area contributed by atoms with Crippen molar-refractivity contribution >= 4 is 5.69 Å². The maximum absolute atomic E-state index is 10.9. The normalized spacial score (nSPS) is 16.9. The van der Waals surface area contributed by atoms with E-state index in [1.165, 1.54) is 0 Å². The van der Waals surface area contributed by atoms with Crippen molar-refractivity contribution in [2.45, 2.75) is 38.8 Å². The van der Waals surface area contributed by atoms with E-state index in [9.17, 15) is 10.1 Å². The van der Waals surface area contributed by atoms with E-state index in [4.69, 9.17) is 0 Å². The van der Waals surface area contributed by atoms with E-state index in [-0.39, 0.29) is 16.7 Å². The molecule has 0 saturated carbocycles. The van der Waals surface area contributed by atoms with Gasteiger partial charge in [-0.25, -0.2) is 0 Å². The van der Waals surface area contributed by atoms with Gasteiger partial charge in [-0.05, 0) is 24.9 Å². The first-order valence-electron chi connectivity index (χ1n) is 7.38. The summed E-state index contributed by atoms with van der Waals surface area (Å²) >= 11 is 0. The molecule has 0 amide bonds. The number of nitro groups is 1. The van der Waals surface area contributed by atoms with Crippen LogP contribution < -0.4 is 5.32 Å². The highest BCUT2D eigenvalue weighted by atomic mass is 16.6. The highest BCUT2D eigenvalue weighted by Gasteiger charge is 2.30. The van der Waals surface area contributed by atoms with E-state index >= 15 is 0 Å². The topological polar surface area (TPSA) is 58.4 Å². The molecule has 5 heteroatoms. The summed E-state index contributed by atoms with van der Waals surface area (Å²) in [5, 5.41) is 14.3. The third kappa shape index (κ3) is 3.16. The van der Waals surface area contributed by atoms with Crippen LogP contribution in [-0.2, 0) is 0 Å². The first-order valence-corrected chi connectivity index (χ1v) is 7.38. The molecule has 1 aliphatic heterocycles. The molecule has 1 N–H and O–H groups in total. The van der Waals surface area contributed by atoms with Crippen molar-refractivity contribution in [3.05, 3.63) is 39.9 Å². The lowest BCUT2D eigenvalue weighted by Gasteiger charge is -2.43. The van der Waals surface area contributed by atoms with Gasteiger partial charge in [-0.15, -0.1) is 0 Å². The Morgan fingerprint density at radius 3 is 2.70 bits per heavy atom. The van der Waals surface area contributed by atoms with E-state index in [0.29, 0.717) is 6.04 Å². The molecule has 1 atom stereocenters. The molecule has 1 heterocycles. The summed E-state index contributed by atoms with van der Waals surface area (Å²) in [6, 6.07) is 7.91. The molecule has 0 spiro atoms. The Morgan fingerprint density at radius 2 is 2.20 bits per heavy atom. The van der Waals surface area contributed by atoms with Crippen LogP contribution in [0.1, 0.15) is 38.3 Å². The van der Waals surface area contributed by atoms with Crippen molar-refractivity contribution in [3.63, 3.8) is 0 Å². The first-order chi connectivity index (χ1) is 9.67. The summed E-state index contributed by atoms with van der Waals surface area (Å²) < 4.78 is 0. The molecular formula is C15H23N3O2. The number of rotatable bonds is 7. The zero-order valence-corrected chi connectivity index (χ0v) is 12.2. The van der Waals surface area contributed by atoms with E-state index in [0.717, 1.165) is 38.0 Å². The number of hydrogen-bond acceptors (Lipinski definition) is 4. The van der Waals surface area contributed by atoms with Crippen molar-refractivity contribution < 1.29 is 4.92 Å². The quantitative estimate of drug-likeness (QED) is 0.615. The molecule has 1 unspecified atom stereocenters. The molecule has 1 aliphatic rings. The van der Waals surface area contributed by atoms with Crippen LogP contribution in [0.3, 0.4) is 0 Å². The Morgan fingerprint density at radius 1 is 1.45 bits per heavy atom. The average molecular weight is 277 g/mol. The van der Waals surface area contributed by atoms with E-state index in [1.807, 2.05) is 6.07 Å². The first kappa shape index (κ1) is 14.9. The third-order valence-corrected chi connectivity index (χ3v) is 3.96. The summed E-state index contributed by atoms with van der Waals surface area (Å²) in [5.74, 6) is 0. The Kier molecular flexibility index (Phi) is 5.09. The summed E-state index contributed by atoms with van der Waals surface area (Å²) in [6.45, 7) is 7.40. The lowest BCUT2D eigenvalue weighted by molar-refractivity contribution is -0.385. The monoisotopic (exact) mass is 277 g/mol. The molecule has 0 bridgehead atoms. The van der Waals surface area contributed by atoms with Gasteiger partial charge in [-0.3, -0.25) is 15.0 Å².